The minimum atomic E-state index is -0.0493. The molecule has 0 atom stereocenters. The van der Waals surface area contributed by atoms with Gasteiger partial charge in [-0.15, -0.1) is 11.3 Å². The SMILES string of the molecule is COCc1nc(OC)c2c(C)c(C(=O)NCCCN3CCCCCC3)sc2n1. The number of methoxy groups -OCH3 is 2. The Morgan fingerprint density at radius 1 is 1.18 bits per heavy atom. The number of nitrogens with zero attached hydrogens (tertiary/aromatic N) is 3. The second-order valence-corrected chi connectivity index (χ2v) is 8.18. The zero-order chi connectivity index (χ0) is 19.9. The van der Waals surface area contributed by atoms with E-state index in [-0.39, 0.29) is 5.91 Å². The molecule has 3 rings (SSSR count). The summed E-state index contributed by atoms with van der Waals surface area (Å²) in [5.74, 6) is 0.996. The van der Waals surface area contributed by atoms with Crippen LogP contribution in [0, 0.1) is 6.92 Å². The van der Waals surface area contributed by atoms with Crippen LogP contribution in [0.15, 0.2) is 0 Å². The molecule has 1 amide bonds. The van der Waals surface area contributed by atoms with Crippen LogP contribution in [0.3, 0.4) is 0 Å². The molecule has 1 aliphatic heterocycles. The number of nitrogens with one attached hydrogen (secondary N) is 1. The lowest BCUT2D eigenvalue weighted by Crippen LogP contribution is -2.30. The van der Waals surface area contributed by atoms with Crippen LogP contribution in [0.1, 0.15) is 53.2 Å². The molecule has 1 N–H and O–H groups in total. The van der Waals surface area contributed by atoms with Crippen LogP contribution in [-0.2, 0) is 11.3 Å². The molecular formula is C20H30N4O3S. The largest absolute Gasteiger partial charge is 0.480 e. The summed E-state index contributed by atoms with van der Waals surface area (Å²) in [6.45, 7) is 6.33. The van der Waals surface area contributed by atoms with E-state index in [1.165, 1.54) is 50.1 Å². The Bertz CT molecular complexity index is 800. The summed E-state index contributed by atoms with van der Waals surface area (Å²) in [5, 5.41) is 3.87. The maximum atomic E-state index is 12.7. The molecule has 2 aromatic heterocycles. The van der Waals surface area contributed by atoms with Gasteiger partial charge >= 0.3 is 0 Å². The number of hydrogen-bond donors (Lipinski definition) is 1. The normalized spacial score (nSPS) is 15.5. The predicted octanol–water partition coefficient (Wildman–Crippen LogP) is 3.15. The maximum Gasteiger partial charge on any atom is 0.261 e. The van der Waals surface area contributed by atoms with Gasteiger partial charge in [-0.05, 0) is 51.4 Å². The number of hydrogen-bond acceptors (Lipinski definition) is 7. The van der Waals surface area contributed by atoms with Crippen molar-refractivity contribution in [1.82, 2.24) is 20.2 Å². The summed E-state index contributed by atoms with van der Waals surface area (Å²) >= 11 is 1.38. The first kappa shape index (κ1) is 21.0. The third kappa shape index (κ3) is 4.98. The first-order chi connectivity index (χ1) is 13.6. The van der Waals surface area contributed by atoms with E-state index >= 15 is 0 Å². The molecule has 0 saturated carbocycles. The smallest absolute Gasteiger partial charge is 0.261 e. The van der Waals surface area contributed by atoms with E-state index in [1.807, 2.05) is 6.92 Å². The Kier molecular flexibility index (Phi) is 7.58. The van der Waals surface area contributed by atoms with E-state index in [1.54, 1.807) is 14.2 Å². The highest BCUT2D eigenvalue weighted by atomic mass is 32.1. The number of carbonyl (C=O) groups excluding carboxylic acids is 1. The van der Waals surface area contributed by atoms with Crippen LogP contribution in [0.2, 0.25) is 0 Å². The summed E-state index contributed by atoms with van der Waals surface area (Å²) < 4.78 is 10.6. The third-order valence-electron chi connectivity index (χ3n) is 5.11. The number of thiophene rings is 1. The first-order valence-corrected chi connectivity index (χ1v) is 10.8. The van der Waals surface area contributed by atoms with Crippen molar-refractivity contribution in [3.05, 3.63) is 16.3 Å². The third-order valence-corrected chi connectivity index (χ3v) is 6.30. The number of likely N-dealkylation sites (tertiary alicyclic amines) is 1. The number of aryl methyl sites for hydroxylation is 1. The van der Waals surface area contributed by atoms with Gasteiger partial charge < -0.3 is 19.7 Å². The molecule has 28 heavy (non-hydrogen) atoms. The first-order valence-electron chi connectivity index (χ1n) is 9.97. The van der Waals surface area contributed by atoms with Crippen molar-refractivity contribution in [2.75, 3.05) is 40.4 Å². The van der Waals surface area contributed by atoms with E-state index in [0.717, 1.165) is 28.7 Å². The van der Waals surface area contributed by atoms with Gasteiger partial charge in [0, 0.05) is 13.7 Å². The molecule has 0 aromatic carbocycles. The van der Waals surface area contributed by atoms with Gasteiger partial charge in [-0.3, -0.25) is 4.79 Å². The van der Waals surface area contributed by atoms with Crippen molar-refractivity contribution < 1.29 is 14.3 Å². The Hall–Kier alpha value is -1.77. The Morgan fingerprint density at radius 2 is 1.93 bits per heavy atom. The monoisotopic (exact) mass is 406 g/mol. The molecule has 0 unspecified atom stereocenters. The standard InChI is InChI=1S/C20H30N4O3S/c1-14-16-19(27-3)22-15(13-26-2)23-20(16)28-17(14)18(25)21-9-8-12-24-10-6-4-5-7-11-24/h4-13H2,1-3H3,(H,21,25). The summed E-state index contributed by atoms with van der Waals surface area (Å²) in [5.41, 5.74) is 0.867. The van der Waals surface area contributed by atoms with E-state index in [9.17, 15) is 4.79 Å². The van der Waals surface area contributed by atoms with Crippen molar-refractivity contribution in [1.29, 1.82) is 0 Å². The minimum absolute atomic E-state index is 0.0493. The van der Waals surface area contributed by atoms with Crippen LogP contribution < -0.4 is 10.1 Å². The van der Waals surface area contributed by atoms with Gasteiger partial charge in [0.05, 0.1) is 17.4 Å². The highest BCUT2D eigenvalue weighted by Crippen LogP contribution is 2.35. The number of aromatic nitrogens is 2. The van der Waals surface area contributed by atoms with Crippen LogP contribution in [0.25, 0.3) is 10.2 Å². The molecule has 0 aliphatic carbocycles. The van der Waals surface area contributed by atoms with Crippen LogP contribution in [0.4, 0.5) is 0 Å². The zero-order valence-corrected chi connectivity index (χ0v) is 17.9. The molecule has 3 heterocycles. The second-order valence-electron chi connectivity index (χ2n) is 7.18. The molecule has 2 aromatic rings. The van der Waals surface area contributed by atoms with Gasteiger partial charge in [-0.2, -0.15) is 4.98 Å². The molecule has 0 bridgehead atoms. The van der Waals surface area contributed by atoms with Crippen molar-refractivity contribution in [2.24, 2.45) is 0 Å². The molecule has 0 radical (unpaired) electrons. The van der Waals surface area contributed by atoms with Crippen molar-refractivity contribution in [3.8, 4) is 5.88 Å². The summed E-state index contributed by atoms with van der Waals surface area (Å²) in [6.07, 6.45) is 6.24. The predicted molar refractivity (Wildman–Crippen MR) is 111 cm³/mol. The fourth-order valence-corrected chi connectivity index (χ4v) is 4.75. The summed E-state index contributed by atoms with van der Waals surface area (Å²) in [4.78, 5) is 25.6. The van der Waals surface area contributed by atoms with Crippen LogP contribution in [0.5, 0.6) is 5.88 Å². The van der Waals surface area contributed by atoms with E-state index in [2.05, 4.69) is 20.2 Å². The highest BCUT2D eigenvalue weighted by molar-refractivity contribution is 7.20. The fraction of sp³-hybridized carbons (Fsp3) is 0.650. The molecule has 1 fully saturated rings. The van der Waals surface area contributed by atoms with Gasteiger partial charge in [0.1, 0.15) is 11.4 Å². The molecule has 7 nitrogen and oxygen atoms in total. The lowest BCUT2D eigenvalue weighted by Gasteiger charge is -2.19. The van der Waals surface area contributed by atoms with Gasteiger partial charge in [0.25, 0.3) is 5.91 Å². The Labute approximate surface area is 170 Å². The highest BCUT2D eigenvalue weighted by Gasteiger charge is 2.21. The quantitative estimate of drug-likeness (QED) is 0.679. The van der Waals surface area contributed by atoms with Gasteiger partial charge in [-0.25, -0.2) is 4.98 Å². The molecule has 1 aliphatic rings. The van der Waals surface area contributed by atoms with Crippen LogP contribution in [-0.4, -0.2) is 61.2 Å². The average molecular weight is 407 g/mol. The van der Waals surface area contributed by atoms with Crippen LogP contribution >= 0.6 is 11.3 Å². The lowest BCUT2D eigenvalue weighted by molar-refractivity contribution is 0.0955. The molecular weight excluding hydrogens is 376 g/mol. The van der Waals surface area contributed by atoms with E-state index in [0.29, 0.717) is 29.7 Å². The number of amides is 1. The fourth-order valence-electron chi connectivity index (χ4n) is 3.65. The maximum absolute atomic E-state index is 12.7. The average Bonchev–Trinajstić information content (AvgIpc) is 2.86. The molecule has 0 spiro atoms. The van der Waals surface area contributed by atoms with Crippen molar-refractivity contribution >= 4 is 27.5 Å². The minimum Gasteiger partial charge on any atom is -0.480 e. The summed E-state index contributed by atoms with van der Waals surface area (Å²) in [6, 6.07) is 0. The van der Waals surface area contributed by atoms with Crippen molar-refractivity contribution in [2.45, 2.75) is 45.6 Å². The number of rotatable bonds is 8. The second kappa shape index (κ2) is 10.1. The van der Waals surface area contributed by atoms with Gasteiger partial charge in [0.15, 0.2) is 5.82 Å². The van der Waals surface area contributed by atoms with E-state index < -0.39 is 0 Å². The zero-order valence-electron chi connectivity index (χ0n) is 17.0. The van der Waals surface area contributed by atoms with Crippen molar-refractivity contribution in [3.63, 3.8) is 0 Å². The topological polar surface area (TPSA) is 76.6 Å². The van der Waals surface area contributed by atoms with Gasteiger partial charge in [0.2, 0.25) is 5.88 Å². The van der Waals surface area contributed by atoms with E-state index in [4.69, 9.17) is 9.47 Å². The molecule has 154 valence electrons. The number of ether oxygens (including phenoxy) is 2. The molecule has 1 saturated heterocycles. The summed E-state index contributed by atoms with van der Waals surface area (Å²) in [7, 11) is 3.18. The Morgan fingerprint density at radius 3 is 2.61 bits per heavy atom. The molecule has 8 heteroatoms. The van der Waals surface area contributed by atoms with Gasteiger partial charge in [-0.1, -0.05) is 12.8 Å². The number of carbonyl (C=O) groups is 1. The Balaban J connectivity index is 1.63. The number of fused-ring (bicyclic) bond motifs is 1. The lowest BCUT2D eigenvalue weighted by atomic mass is 10.2.